The van der Waals surface area contributed by atoms with Gasteiger partial charge in [-0.05, 0) is 17.7 Å². The maximum atomic E-state index is 12.4. The average molecular weight is 238 g/mol. The number of benzene rings is 1. The van der Waals surface area contributed by atoms with Crippen molar-refractivity contribution in [2.75, 3.05) is 0 Å². The largest absolute Gasteiger partial charge is 0.408 e. The first kappa shape index (κ1) is 11.4. The van der Waals surface area contributed by atoms with Crippen LogP contribution < -0.4 is 0 Å². The third-order valence-electron chi connectivity index (χ3n) is 1.27. The maximum absolute atomic E-state index is 12.4. The molecule has 0 aromatic heterocycles. The zero-order valence-electron chi connectivity index (χ0n) is 6.88. The van der Waals surface area contributed by atoms with Gasteiger partial charge in [-0.3, -0.25) is 4.55 Å². The summed E-state index contributed by atoms with van der Waals surface area (Å²) in [5.41, 5.74) is 0.694. The van der Waals surface area contributed by atoms with E-state index in [0.717, 1.165) is 0 Å². The Hall–Kier alpha value is -0.630. The second-order valence-electron chi connectivity index (χ2n) is 2.38. The van der Waals surface area contributed by atoms with Crippen molar-refractivity contribution in [3.63, 3.8) is 0 Å². The third kappa shape index (κ3) is 4.56. The van der Waals surface area contributed by atoms with Gasteiger partial charge in [0.2, 0.25) is 0 Å². The summed E-state index contributed by atoms with van der Waals surface area (Å²) >= 11 is 0.559. The molecule has 0 bridgehead atoms. The van der Waals surface area contributed by atoms with E-state index in [4.69, 9.17) is 4.55 Å². The summed E-state index contributed by atoms with van der Waals surface area (Å²) in [6.45, 7) is 0. The van der Waals surface area contributed by atoms with Crippen molar-refractivity contribution in [3.8, 4) is 0 Å². The van der Waals surface area contributed by atoms with Gasteiger partial charge in [-0.15, -0.1) is 0 Å². The average Bonchev–Trinajstić information content (AvgIpc) is 2.06. The van der Waals surface area contributed by atoms with Crippen LogP contribution in [0.4, 0.5) is 4.39 Å². The van der Waals surface area contributed by atoms with Crippen LogP contribution in [0.25, 0.3) is 0 Å². The van der Waals surface area contributed by atoms with Gasteiger partial charge in [-0.25, -0.2) is 4.39 Å². The van der Waals surface area contributed by atoms with E-state index in [-0.39, 0.29) is 11.6 Å². The molecule has 78 valence electrons. The first-order valence-electron chi connectivity index (χ1n) is 3.50. The van der Waals surface area contributed by atoms with Crippen LogP contribution in [-0.4, -0.2) is 13.0 Å². The molecule has 14 heavy (non-hydrogen) atoms. The maximum Gasteiger partial charge on any atom is 0.408 e. The lowest BCUT2D eigenvalue weighted by molar-refractivity contribution is 0.407. The van der Waals surface area contributed by atoms with Crippen LogP contribution in [0.1, 0.15) is 5.56 Å². The Morgan fingerprint density at radius 2 is 1.93 bits per heavy atom. The Kier molecular flexibility index (Phi) is 3.87. The van der Waals surface area contributed by atoms with Crippen LogP contribution in [0.15, 0.2) is 24.3 Å². The zero-order chi connectivity index (χ0) is 10.6. The Labute approximate surface area is 85.2 Å². The topological polar surface area (TPSA) is 63.6 Å². The van der Waals surface area contributed by atoms with Crippen molar-refractivity contribution in [1.82, 2.24) is 0 Å². The van der Waals surface area contributed by atoms with Crippen LogP contribution in [0.2, 0.25) is 0 Å². The van der Waals surface area contributed by atoms with E-state index in [9.17, 15) is 12.8 Å². The van der Waals surface area contributed by atoms with Crippen molar-refractivity contribution in [3.05, 3.63) is 35.6 Å². The van der Waals surface area contributed by atoms with E-state index in [1.807, 2.05) is 0 Å². The molecular formula is C7H7FO4S2. The first-order chi connectivity index (χ1) is 6.47. The van der Waals surface area contributed by atoms with Crippen molar-refractivity contribution in [2.24, 2.45) is 0 Å². The summed E-state index contributed by atoms with van der Waals surface area (Å²) in [5.74, 6) is -0.158. The van der Waals surface area contributed by atoms with E-state index in [2.05, 4.69) is 3.63 Å². The highest BCUT2D eigenvalue weighted by Crippen LogP contribution is 2.15. The fourth-order valence-electron chi connectivity index (χ4n) is 0.734. The number of hydrogen-bond donors (Lipinski definition) is 1. The van der Waals surface area contributed by atoms with Crippen LogP contribution in [0.3, 0.4) is 0 Å². The Bertz CT molecular complexity index is 387. The lowest BCUT2D eigenvalue weighted by Crippen LogP contribution is -1.97. The molecule has 0 saturated heterocycles. The van der Waals surface area contributed by atoms with Gasteiger partial charge in [0.05, 0.1) is 0 Å². The van der Waals surface area contributed by atoms with Gasteiger partial charge in [-0.2, -0.15) is 12.0 Å². The van der Waals surface area contributed by atoms with Crippen LogP contribution in [0.5, 0.6) is 0 Å². The fourth-order valence-corrected chi connectivity index (χ4v) is 1.74. The smallest absolute Gasteiger partial charge is 0.263 e. The minimum atomic E-state index is -4.41. The summed E-state index contributed by atoms with van der Waals surface area (Å²) in [6.07, 6.45) is 0. The molecule has 0 aliphatic rings. The molecule has 4 nitrogen and oxygen atoms in total. The molecule has 7 heteroatoms. The van der Waals surface area contributed by atoms with Crippen LogP contribution >= 0.6 is 12.0 Å². The van der Waals surface area contributed by atoms with Gasteiger partial charge < -0.3 is 0 Å². The van der Waals surface area contributed by atoms with E-state index in [1.54, 1.807) is 0 Å². The van der Waals surface area contributed by atoms with Crippen molar-refractivity contribution >= 4 is 22.4 Å². The summed E-state index contributed by atoms with van der Waals surface area (Å²) in [5, 5.41) is 0. The molecule has 1 rings (SSSR count). The quantitative estimate of drug-likeness (QED) is 0.640. The molecule has 1 aromatic rings. The molecule has 0 aliphatic heterocycles. The van der Waals surface area contributed by atoms with Gasteiger partial charge in [0.1, 0.15) is 5.82 Å². The van der Waals surface area contributed by atoms with E-state index < -0.39 is 10.4 Å². The molecule has 0 fully saturated rings. The Morgan fingerprint density at radius 1 is 1.36 bits per heavy atom. The van der Waals surface area contributed by atoms with Gasteiger partial charge in [0, 0.05) is 17.8 Å². The summed E-state index contributed by atoms with van der Waals surface area (Å²) in [4.78, 5) is 0. The number of halogens is 1. The molecule has 0 saturated carbocycles. The minimum Gasteiger partial charge on any atom is -0.263 e. The molecule has 1 N–H and O–H groups in total. The molecule has 0 amide bonds. The lowest BCUT2D eigenvalue weighted by Gasteiger charge is -1.99. The van der Waals surface area contributed by atoms with Crippen molar-refractivity contribution in [1.29, 1.82) is 0 Å². The summed E-state index contributed by atoms with van der Waals surface area (Å²) < 4.78 is 44.9. The first-order valence-corrected chi connectivity index (χ1v) is 5.78. The van der Waals surface area contributed by atoms with Gasteiger partial charge in [0.25, 0.3) is 0 Å². The van der Waals surface area contributed by atoms with Gasteiger partial charge >= 0.3 is 10.4 Å². The normalized spacial score (nSPS) is 11.6. The van der Waals surface area contributed by atoms with Crippen LogP contribution in [0, 0.1) is 5.82 Å². The minimum absolute atomic E-state index is 0.208. The monoisotopic (exact) mass is 238 g/mol. The summed E-state index contributed by atoms with van der Waals surface area (Å²) in [7, 11) is -4.41. The van der Waals surface area contributed by atoms with E-state index in [1.165, 1.54) is 24.3 Å². The molecule has 0 aliphatic carbocycles. The highest BCUT2D eigenvalue weighted by atomic mass is 32.3. The summed E-state index contributed by atoms with van der Waals surface area (Å²) in [6, 6.07) is 5.50. The Balaban J connectivity index is 2.43. The van der Waals surface area contributed by atoms with Crippen LogP contribution in [-0.2, 0) is 19.8 Å². The number of hydrogen-bond acceptors (Lipinski definition) is 4. The predicted octanol–water partition coefficient (Wildman–Crippen LogP) is 1.79. The molecule has 0 heterocycles. The predicted molar refractivity (Wildman–Crippen MR) is 50.3 cm³/mol. The molecule has 0 unspecified atom stereocenters. The second-order valence-corrected chi connectivity index (χ2v) is 4.31. The molecular weight excluding hydrogens is 231 g/mol. The van der Waals surface area contributed by atoms with Gasteiger partial charge in [-0.1, -0.05) is 12.1 Å². The molecule has 1 aromatic carbocycles. The van der Waals surface area contributed by atoms with Crippen molar-refractivity contribution < 1.29 is 21.0 Å². The highest BCUT2D eigenvalue weighted by molar-refractivity contribution is 8.02. The zero-order valence-corrected chi connectivity index (χ0v) is 8.52. The van der Waals surface area contributed by atoms with E-state index in [0.29, 0.717) is 17.6 Å². The standard InChI is InChI=1S/C7H7FO4S2/c8-7-3-1-6(2-4-7)5-13-12-14(9,10)11/h1-4H,5H2,(H,9,10,11). The molecule has 0 spiro atoms. The molecule has 0 atom stereocenters. The third-order valence-corrected chi connectivity index (χ3v) is 2.80. The lowest BCUT2D eigenvalue weighted by atomic mass is 10.2. The fraction of sp³-hybridized carbons (Fsp3) is 0.143. The SMILES string of the molecule is O=S(=O)(O)OSCc1ccc(F)cc1. The number of rotatable bonds is 4. The molecule has 0 radical (unpaired) electrons. The highest BCUT2D eigenvalue weighted by Gasteiger charge is 2.05. The Morgan fingerprint density at radius 3 is 2.43 bits per heavy atom. The second kappa shape index (κ2) is 4.74. The van der Waals surface area contributed by atoms with Crippen molar-refractivity contribution in [2.45, 2.75) is 5.75 Å². The van der Waals surface area contributed by atoms with E-state index >= 15 is 0 Å². The van der Waals surface area contributed by atoms with Gasteiger partial charge in [0.15, 0.2) is 0 Å².